The topological polar surface area (TPSA) is 48.0 Å². The third-order valence-corrected chi connectivity index (χ3v) is 1.54. The third kappa shape index (κ3) is 3.20. The van der Waals surface area contributed by atoms with Gasteiger partial charge in [0.2, 0.25) is 0 Å². The summed E-state index contributed by atoms with van der Waals surface area (Å²) in [5.41, 5.74) is 1.30. The summed E-state index contributed by atoms with van der Waals surface area (Å²) in [7, 11) is 0. The van der Waals surface area contributed by atoms with Crippen LogP contribution >= 0.6 is 0 Å². The van der Waals surface area contributed by atoms with E-state index in [9.17, 15) is 0 Å². The molecular formula is C8H14N2O. The molecule has 3 N–H and O–H groups in total. The second-order valence-corrected chi connectivity index (χ2v) is 2.44. The molecule has 0 spiro atoms. The van der Waals surface area contributed by atoms with Gasteiger partial charge < -0.3 is 15.4 Å². The number of aliphatic hydroxyl groups is 1. The van der Waals surface area contributed by atoms with Crippen molar-refractivity contribution in [3.8, 4) is 0 Å². The number of aromatic nitrogens is 1. The average molecular weight is 154 g/mol. The summed E-state index contributed by atoms with van der Waals surface area (Å²) in [6.45, 7) is 1.83. The molecule has 0 amide bonds. The maximum Gasteiger partial charge on any atom is 0.0555 e. The molecule has 1 aromatic heterocycles. The van der Waals surface area contributed by atoms with Crippen molar-refractivity contribution < 1.29 is 5.11 Å². The van der Waals surface area contributed by atoms with E-state index in [0.717, 1.165) is 13.0 Å². The van der Waals surface area contributed by atoms with Crippen LogP contribution in [0.1, 0.15) is 5.56 Å². The molecule has 0 saturated carbocycles. The van der Waals surface area contributed by atoms with Gasteiger partial charge in [-0.05, 0) is 24.6 Å². The molecule has 3 heteroatoms. The van der Waals surface area contributed by atoms with Crippen LogP contribution in [0.3, 0.4) is 0 Å². The average Bonchev–Trinajstić information content (AvgIpc) is 2.50. The molecule has 0 aliphatic rings. The molecule has 11 heavy (non-hydrogen) atoms. The quantitative estimate of drug-likeness (QED) is 0.528. The molecule has 0 bridgehead atoms. The Morgan fingerprint density at radius 2 is 2.36 bits per heavy atom. The van der Waals surface area contributed by atoms with Crippen LogP contribution in [0.2, 0.25) is 0 Å². The highest BCUT2D eigenvalue weighted by atomic mass is 16.3. The van der Waals surface area contributed by atoms with Crippen LogP contribution in [0.4, 0.5) is 0 Å². The summed E-state index contributed by atoms with van der Waals surface area (Å²) < 4.78 is 0. The lowest BCUT2D eigenvalue weighted by molar-refractivity contribution is 0.293. The van der Waals surface area contributed by atoms with Crippen molar-refractivity contribution in [3.05, 3.63) is 24.0 Å². The Balaban J connectivity index is 2.04. The standard InChI is InChI=1S/C8H14N2O/c11-6-5-9-3-1-8-2-4-10-7-8/h2,4,7,9-11H,1,3,5-6H2. The normalized spacial score (nSPS) is 10.3. The van der Waals surface area contributed by atoms with Gasteiger partial charge in [0.1, 0.15) is 0 Å². The van der Waals surface area contributed by atoms with Crippen molar-refractivity contribution in [1.29, 1.82) is 0 Å². The zero-order valence-electron chi connectivity index (χ0n) is 6.51. The Bertz CT molecular complexity index is 172. The zero-order valence-corrected chi connectivity index (χ0v) is 6.51. The van der Waals surface area contributed by atoms with Crippen LogP contribution in [-0.4, -0.2) is 29.8 Å². The second kappa shape index (κ2) is 4.93. The van der Waals surface area contributed by atoms with E-state index in [-0.39, 0.29) is 6.61 Å². The summed E-state index contributed by atoms with van der Waals surface area (Å²) in [5, 5.41) is 11.6. The predicted molar refractivity (Wildman–Crippen MR) is 44.5 cm³/mol. The van der Waals surface area contributed by atoms with Gasteiger partial charge in [0.25, 0.3) is 0 Å². The molecule has 0 aliphatic heterocycles. The first-order valence-electron chi connectivity index (χ1n) is 3.86. The first kappa shape index (κ1) is 8.30. The fraction of sp³-hybridized carbons (Fsp3) is 0.500. The third-order valence-electron chi connectivity index (χ3n) is 1.54. The zero-order chi connectivity index (χ0) is 7.94. The number of aromatic amines is 1. The first-order valence-corrected chi connectivity index (χ1v) is 3.86. The maximum atomic E-state index is 8.45. The smallest absolute Gasteiger partial charge is 0.0555 e. The Labute approximate surface area is 66.4 Å². The van der Waals surface area contributed by atoms with E-state index in [4.69, 9.17) is 5.11 Å². The largest absolute Gasteiger partial charge is 0.395 e. The van der Waals surface area contributed by atoms with Gasteiger partial charge in [0.15, 0.2) is 0 Å². The maximum absolute atomic E-state index is 8.45. The first-order chi connectivity index (χ1) is 5.43. The molecule has 0 radical (unpaired) electrons. The summed E-state index contributed by atoms with van der Waals surface area (Å²) >= 11 is 0. The molecule has 3 nitrogen and oxygen atoms in total. The monoisotopic (exact) mass is 154 g/mol. The Hall–Kier alpha value is -0.800. The summed E-state index contributed by atoms with van der Waals surface area (Å²) in [6.07, 6.45) is 4.92. The number of hydrogen-bond acceptors (Lipinski definition) is 2. The number of nitrogens with one attached hydrogen (secondary N) is 2. The van der Waals surface area contributed by atoms with Crippen LogP contribution in [-0.2, 0) is 6.42 Å². The van der Waals surface area contributed by atoms with Gasteiger partial charge in [0.05, 0.1) is 6.61 Å². The van der Waals surface area contributed by atoms with Gasteiger partial charge in [-0.1, -0.05) is 0 Å². The van der Waals surface area contributed by atoms with Crippen molar-refractivity contribution in [2.24, 2.45) is 0 Å². The lowest BCUT2D eigenvalue weighted by Crippen LogP contribution is -2.20. The molecule has 1 aromatic rings. The summed E-state index contributed by atoms with van der Waals surface area (Å²) in [5.74, 6) is 0. The van der Waals surface area contributed by atoms with Crippen molar-refractivity contribution in [2.75, 3.05) is 19.7 Å². The van der Waals surface area contributed by atoms with Gasteiger partial charge in [-0.25, -0.2) is 0 Å². The van der Waals surface area contributed by atoms with E-state index in [1.165, 1.54) is 5.56 Å². The van der Waals surface area contributed by atoms with Gasteiger partial charge in [-0.15, -0.1) is 0 Å². The number of H-pyrrole nitrogens is 1. The highest BCUT2D eigenvalue weighted by Gasteiger charge is 1.90. The molecule has 0 atom stereocenters. The minimum atomic E-state index is 0.215. The van der Waals surface area contributed by atoms with Crippen LogP contribution in [0, 0.1) is 0 Å². The molecule has 0 aromatic carbocycles. The van der Waals surface area contributed by atoms with E-state index in [0.29, 0.717) is 6.54 Å². The molecule has 0 saturated heterocycles. The predicted octanol–water partition coefficient (Wildman–Crippen LogP) is 0.139. The highest BCUT2D eigenvalue weighted by Crippen LogP contribution is 1.95. The second-order valence-electron chi connectivity index (χ2n) is 2.44. The SMILES string of the molecule is OCCNCCc1cc[nH]c1. The van der Waals surface area contributed by atoms with E-state index in [1.807, 2.05) is 12.4 Å². The molecule has 0 aliphatic carbocycles. The molecule has 1 rings (SSSR count). The fourth-order valence-electron chi connectivity index (χ4n) is 0.951. The molecule has 0 unspecified atom stereocenters. The number of rotatable bonds is 5. The van der Waals surface area contributed by atoms with Crippen LogP contribution in [0.15, 0.2) is 18.5 Å². The Morgan fingerprint density at radius 1 is 1.45 bits per heavy atom. The van der Waals surface area contributed by atoms with Gasteiger partial charge in [0, 0.05) is 18.9 Å². The van der Waals surface area contributed by atoms with Crippen LogP contribution in [0.25, 0.3) is 0 Å². The lowest BCUT2D eigenvalue weighted by Gasteiger charge is -1.99. The van der Waals surface area contributed by atoms with E-state index >= 15 is 0 Å². The van der Waals surface area contributed by atoms with E-state index < -0.39 is 0 Å². The van der Waals surface area contributed by atoms with Crippen LogP contribution < -0.4 is 5.32 Å². The molecule has 1 heterocycles. The minimum Gasteiger partial charge on any atom is -0.395 e. The van der Waals surface area contributed by atoms with Crippen molar-refractivity contribution in [3.63, 3.8) is 0 Å². The van der Waals surface area contributed by atoms with Gasteiger partial charge in [-0.2, -0.15) is 0 Å². The summed E-state index contributed by atoms with van der Waals surface area (Å²) in [6, 6.07) is 2.06. The van der Waals surface area contributed by atoms with Crippen molar-refractivity contribution in [1.82, 2.24) is 10.3 Å². The lowest BCUT2D eigenvalue weighted by atomic mass is 10.2. The fourth-order valence-corrected chi connectivity index (χ4v) is 0.951. The van der Waals surface area contributed by atoms with E-state index in [1.54, 1.807) is 0 Å². The number of hydrogen-bond donors (Lipinski definition) is 3. The van der Waals surface area contributed by atoms with Gasteiger partial charge in [-0.3, -0.25) is 0 Å². The molecular weight excluding hydrogens is 140 g/mol. The highest BCUT2D eigenvalue weighted by molar-refractivity contribution is 5.08. The summed E-state index contributed by atoms with van der Waals surface area (Å²) in [4.78, 5) is 2.99. The Morgan fingerprint density at radius 3 is 3.00 bits per heavy atom. The van der Waals surface area contributed by atoms with Crippen LogP contribution in [0.5, 0.6) is 0 Å². The molecule has 62 valence electrons. The minimum absolute atomic E-state index is 0.215. The van der Waals surface area contributed by atoms with Gasteiger partial charge >= 0.3 is 0 Å². The van der Waals surface area contributed by atoms with Crippen molar-refractivity contribution >= 4 is 0 Å². The van der Waals surface area contributed by atoms with E-state index in [2.05, 4.69) is 16.4 Å². The number of aliphatic hydroxyl groups excluding tert-OH is 1. The Kier molecular flexibility index (Phi) is 3.72. The van der Waals surface area contributed by atoms with Crippen molar-refractivity contribution in [2.45, 2.75) is 6.42 Å². The molecule has 0 fully saturated rings.